The molecule has 63 heavy (non-hydrogen) atoms. The van der Waals surface area contributed by atoms with Crippen molar-refractivity contribution in [2.75, 3.05) is 83.4 Å². The van der Waals surface area contributed by atoms with E-state index in [1.54, 1.807) is 76.6 Å². The summed E-state index contributed by atoms with van der Waals surface area (Å²) < 4.78 is 5.79. The highest BCUT2D eigenvalue weighted by Crippen LogP contribution is 2.31. The van der Waals surface area contributed by atoms with E-state index in [1.165, 1.54) is 24.3 Å². The van der Waals surface area contributed by atoms with Gasteiger partial charge in [-0.2, -0.15) is 0 Å². The number of hydrogen-bond acceptors (Lipinski definition) is 7. The van der Waals surface area contributed by atoms with E-state index in [2.05, 4.69) is 26.6 Å². The average Bonchev–Trinajstić information content (AvgIpc) is 3.95. The van der Waals surface area contributed by atoms with Gasteiger partial charge in [0, 0.05) is 99.3 Å². The molecule has 5 aromatic rings. The van der Waals surface area contributed by atoms with Crippen molar-refractivity contribution < 1.29 is 42.5 Å². The van der Waals surface area contributed by atoms with E-state index in [-0.39, 0.29) is 76.4 Å². The number of aromatic nitrogens is 3. The maximum Gasteiger partial charge on any atom is 0.279 e. The monoisotopic (exact) mass is 860 g/mol. The maximum absolute atomic E-state index is 13.7. The largest absolute Gasteiger partial charge is 0.351 e. The molecule has 330 valence electrons. The molecule has 3 aromatic heterocycles. The second-order valence-corrected chi connectivity index (χ2v) is 17.3. The van der Waals surface area contributed by atoms with Crippen LogP contribution in [-0.4, -0.2) is 131 Å². The number of fused-ring (bicyclic) bond motifs is 2. The standard InChI is InChI=1S/C46H54N10O7/c1-52-20-8-12-37(52)44(61)47-18-10-22-55(4,5)28-40(57)49-30-14-16-33-35(24-30)42(59)34-17-15-31(25-36(34)43(33)60)50-41(58)29-56(6,7)23-11-19-48-45(62)39-26-32(27-54(39)3)51-46(63)38-13-9-21-53(38)2/h8-9,12-17,20-21,24-27H,10-11,18-19,22-23,28-29H2,1-7H3,(H3-2,47,48,49,50,51,57,58,59,60,61,62,63)/p+2. The first-order chi connectivity index (χ1) is 29.8. The van der Waals surface area contributed by atoms with Gasteiger partial charge < -0.3 is 49.3 Å². The van der Waals surface area contributed by atoms with Crippen LogP contribution in [0.25, 0.3) is 0 Å². The van der Waals surface area contributed by atoms with E-state index >= 15 is 0 Å². The summed E-state index contributed by atoms with van der Waals surface area (Å²) in [6, 6.07) is 17.9. The number of carbonyl (C=O) groups is 7. The van der Waals surface area contributed by atoms with Crippen molar-refractivity contribution in [2.24, 2.45) is 21.1 Å². The summed E-state index contributed by atoms with van der Waals surface area (Å²) >= 11 is 0. The zero-order valence-corrected chi connectivity index (χ0v) is 36.8. The Labute approximate surface area is 366 Å². The van der Waals surface area contributed by atoms with Crippen molar-refractivity contribution >= 4 is 58.2 Å². The molecular weight excluding hydrogens is 805 g/mol. The number of carbonyl (C=O) groups excluding carboxylic acids is 7. The second kappa shape index (κ2) is 18.9. The highest BCUT2D eigenvalue weighted by atomic mass is 16.2. The minimum Gasteiger partial charge on any atom is -0.351 e. The summed E-state index contributed by atoms with van der Waals surface area (Å²) in [7, 11) is 13.0. The number of ketones is 2. The molecule has 0 unspecified atom stereocenters. The zero-order valence-electron chi connectivity index (χ0n) is 36.8. The number of amides is 5. The average molecular weight is 861 g/mol. The van der Waals surface area contributed by atoms with E-state index in [0.29, 0.717) is 82.1 Å². The smallest absolute Gasteiger partial charge is 0.279 e. The number of nitrogens with one attached hydrogen (secondary N) is 5. The summed E-state index contributed by atoms with van der Waals surface area (Å²) in [5, 5.41) is 14.4. The van der Waals surface area contributed by atoms with Crippen molar-refractivity contribution in [3.05, 3.63) is 125 Å². The summed E-state index contributed by atoms with van der Waals surface area (Å²) in [4.78, 5) is 91.5. The molecule has 5 N–H and O–H groups in total. The predicted molar refractivity (Wildman–Crippen MR) is 239 cm³/mol. The fourth-order valence-electron chi connectivity index (χ4n) is 7.69. The van der Waals surface area contributed by atoms with Gasteiger partial charge in [-0.15, -0.1) is 0 Å². The molecule has 0 atom stereocenters. The molecule has 0 fully saturated rings. The number of aryl methyl sites for hydroxylation is 3. The fraction of sp³-hybridized carbons (Fsp3) is 0.326. The van der Waals surface area contributed by atoms with Gasteiger partial charge in [-0.3, -0.25) is 33.6 Å². The third-order valence-corrected chi connectivity index (χ3v) is 11.0. The van der Waals surface area contributed by atoms with E-state index in [9.17, 15) is 33.6 Å². The number of hydrogen-bond donors (Lipinski definition) is 5. The van der Waals surface area contributed by atoms with Gasteiger partial charge in [-0.25, -0.2) is 0 Å². The van der Waals surface area contributed by atoms with Crippen LogP contribution in [0, 0.1) is 0 Å². The number of benzene rings is 2. The van der Waals surface area contributed by atoms with Gasteiger partial charge in [0.15, 0.2) is 24.7 Å². The lowest BCUT2D eigenvalue weighted by molar-refractivity contribution is -0.882. The van der Waals surface area contributed by atoms with Gasteiger partial charge in [0.1, 0.15) is 17.1 Å². The van der Waals surface area contributed by atoms with Crippen LogP contribution in [0.1, 0.15) is 76.1 Å². The Morgan fingerprint density at radius 1 is 0.508 bits per heavy atom. The summed E-state index contributed by atoms with van der Waals surface area (Å²) in [5.74, 6) is -2.01. The molecule has 0 aliphatic heterocycles. The molecule has 6 rings (SSSR count). The number of likely N-dealkylation sites (N-methyl/N-ethyl adjacent to an activating group) is 2. The van der Waals surface area contributed by atoms with Crippen LogP contribution in [0.2, 0.25) is 0 Å². The Morgan fingerprint density at radius 3 is 1.40 bits per heavy atom. The normalized spacial score (nSPS) is 12.3. The Hall–Kier alpha value is -7.11. The molecule has 0 saturated carbocycles. The van der Waals surface area contributed by atoms with Gasteiger partial charge in [-0.1, -0.05) is 0 Å². The first kappa shape index (κ1) is 45.4. The second-order valence-electron chi connectivity index (χ2n) is 17.3. The van der Waals surface area contributed by atoms with Crippen molar-refractivity contribution in [3.63, 3.8) is 0 Å². The number of anilines is 3. The molecule has 0 saturated heterocycles. The van der Waals surface area contributed by atoms with E-state index in [4.69, 9.17) is 0 Å². The Bertz CT molecular complexity index is 2600. The predicted octanol–water partition coefficient (Wildman–Crippen LogP) is 3.40. The van der Waals surface area contributed by atoms with Crippen molar-refractivity contribution in [1.82, 2.24) is 24.3 Å². The zero-order chi connectivity index (χ0) is 45.6. The molecule has 1 aliphatic rings. The van der Waals surface area contributed by atoms with E-state index in [1.807, 2.05) is 47.5 Å². The Kier molecular flexibility index (Phi) is 13.6. The van der Waals surface area contributed by atoms with Crippen LogP contribution in [-0.2, 0) is 30.7 Å². The first-order valence-corrected chi connectivity index (χ1v) is 20.7. The summed E-state index contributed by atoms with van der Waals surface area (Å²) in [5.41, 5.74) is 3.48. The number of nitrogens with zero attached hydrogens (tertiary/aromatic N) is 5. The third kappa shape index (κ3) is 11.2. The minimum atomic E-state index is -0.368. The van der Waals surface area contributed by atoms with Crippen LogP contribution < -0.4 is 26.6 Å². The third-order valence-electron chi connectivity index (χ3n) is 11.0. The van der Waals surface area contributed by atoms with Crippen LogP contribution in [0.3, 0.4) is 0 Å². The Balaban J connectivity index is 0.952. The molecule has 0 spiro atoms. The molecule has 0 radical (unpaired) electrons. The minimum absolute atomic E-state index is 0.111. The highest BCUT2D eigenvalue weighted by molar-refractivity contribution is 6.29. The van der Waals surface area contributed by atoms with Gasteiger partial charge in [0.05, 0.1) is 47.0 Å². The van der Waals surface area contributed by atoms with Crippen molar-refractivity contribution in [2.45, 2.75) is 12.8 Å². The Morgan fingerprint density at radius 2 is 0.952 bits per heavy atom. The van der Waals surface area contributed by atoms with Crippen LogP contribution in [0.15, 0.2) is 85.3 Å². The van der Waals surface area contributed by atoms with Gasteiger partial charge in [-0.05, 0) is 66.7 Å². The van der Waals surface area contributed by atoms with Gasteiger partial charge >= 0.3 is 0 Å². The molecule has 17 heteroatoms. The molecular formula is C46H56N10O7+2. The number of quaternary nitrogens is 2. The topological polar surface area (TPSA) is 194 Å². The van der Waals surface area contributed by atoms with Crippen LogP contribution >= 0.6 is 0 Å². The van der Waals surface area contributed by atoms with E-state index in [0.717, 1.165) is 0 Å². The molecule has 17 nitrogen and oxygen atoms in total. The SMILES string of the molecule is Cn1cccc1C(=O)NCCC[N+](C)(C)CC(=O)Nc1ccc2c(c1)C(=O)c1ccc(NC(=O)C[N+](C)(C)CCCNC(=O)c3cc(NC(=O)c4cccn4C)cn3C)cc1C2=O. The lowest BCUT2D eigenvalue weighted by atomic mass is 9.83. The molecule has 5 amide bonds. The molecule has 2 aromatic carbocycles. The maximum atomic E-state index is 13.7. The quantitative estimate of drug-likeness (QED) is 0.0646. The van der Waals surface area contributed by atoms with Gasteiger partial charge in [0.2, 0.25) is 0 Å². The van der Waals surface area contributed by atoms with Crippen LogP contribution in [0.5, 0.6) is 0 Å². The highest BCUT2D eigenvalue weighted by Gasteiger charge is 2.31. The van der Waals surface area contributed by atoms with Gasteiger partial charge in [0.25, 0.3) is 29.5 Å². The lowest BCUT2D eigenvalue weighted by Crippen LogP contribution is -2.47. The summed E-state index contributed by atoms with van der Waals surface area (Å²) in [6.45, 7) is 2.29. The first-order valence-electron chi connectivity index (χ1n) is 20.7. The number of rotatable bonds is 18. The molecule has 3 heterocycles. The molecule has 1 aliphatic carbocycles. The van der Waals surface area contributed by atoms with Crippen LogP contribution in [0.4, 0.5) is 17.1 Å². The fourth-order valence-corrected chi connectivity index (χ4v) is 7.69. The summed E-state index contributed by atoms with van der Waals surface area (Å²) in [6.07, 6.45) is 6.51. The van der Waals surface area contributed by atoms with Crippen molar-refractivity contribution in [3.8, 4) is 0 Å². The molecule has 0 bridgehead atoms. The lowest BCUT2D eigenvalue weighted by Gasteiger charge is -2.29. The van der Waals surface area contributed by atoms with E-state index < -0.39 is 0 Å². The van der Waals surface area contributed by atoms with Crippen molar-refractivity contribution in [1.29, 1.82) is 0 Å².